The number of hydrogen-bond acceptors (Lipinski definition) is 4. The number of rotatable bonds is 9. The van der Waals surface area contributed by atoms with E-state index in [2.05, 4.69) is 29.6 Å². The second kappa shape index (κ2) is 9.23. The summed E-state index contributed by atoms with van der Waals surface area (Å²) >= 11 is 0. The van der Waals surface area contributed by atoms with Gasteiger partial charge in [-0.1, -0.05) is 12.1 Å². The van der Waals surface area contributed by atoms with Crippen LogP contribution in [0.15, 0.2) is 24.3 Å². The molecular weight excluding hydrogens is 314 g/mol. The predicted octanol–water partition coefficient (Wildman–Crippen LogP) is 4.04. The second-order valence-corrected chi connectivity index (χ2v) is 7.36. The summed E-state index contributed by atoms with van der Waals surface area (Å²) < 4.78 is 11.1. The van der Waals surface area contributed by atoms with Crippen molar-refractivity contribution in [2.75, 3.05) is 19.7 Å². The molecule has 0 atom stereocenters. The van der Waals surface area contributed by atoms with Crippen LogP contribution < -0.4 is 10.1 Å². The Kier molecular flexibility index (Phi) is 6.74. The minimum atomic E-state index is -0.111. The summed E-state index contributed by atoms with van der Waals surface area (Å²) in [4.78, 5) is 11.3. The van der Waals surface area contributed by atoms with Crippen LogP contribution in [0.5, 0.6) is 5.75 Å². The van der Waals surface area contributed by atoms with Gasteiger partial charge in [-0.3, -0.25) is 4.79 Å². The summed E-state index contributed by atoms with van der Waals surface area (Å²) in [5, 5.41) is 3.39. The molecule has 2 fully saturated rings. The molecular formula is C21H31NO3. The Bertz CT molecular complexity index is 531. The summed E-state index contributed by atoms with van der Waals surface area (Å²) in [6.45, 7) is 4.00. The number of nitrogens with one attached hydrogen (secondary N) is 1. The molecule has 0 unspecified atom stereocenters. The van der Waals surface area contributed by atoms with Gasteiger partial charge in [0, 0.05) is 6.54 Å². The van der Waals surface area contributed by atoms with Gasteiger partial charge < -0.3 is 14.8 Å². The van der Waals surface area contributed by atoms with Crippen molar-refractivity contribution >= 4 is 5.97 Å². The Labute approximate surface area is 151 Å². The lowest BCUT2D eigenvalue weighted by Gasteiger charge is -2.29. The highest BCUT2D eigenvalue weighted by atomic mass is 16.5. The Hall–Kier alpha value is -1.55. The van der Waals surface area contributed by atoms with Crippen molar-refractivity contribution in [3.05, 3.63) is 29.8 Å². The van der Waals surface area contributed by atoms with Crippen molar-refractivity contribution in [1.82, 2.24) is 5.32 Å². The van der Waals surface area contributed by atoms with E-state index < -0.39 is 0 Å². The lowest BCUT2D eigenvalue weighted by molar-refractivity contribution is -0.142. The van der Waals surface area contributed by atoms with E-state index in [1.165, 1.54) is 31.2 Å². The molecule has 2 aliphatic rings. The Morgan fingerprint density at radius 3 is 2.44 bits per heavy atom. The van der Waals surface area contributed by atoms with Gasteiger partial charge in [-0.25, -0.2) is 0 Å². The van der Waals surface area contributed by atoms with Crippen LogP contribution in [0, 0.1) is 5.92 Å². The minimum absolute atomic E-state index is 0.111. The van der Waals surface area contributed by atoms with Gasteiger partial charge in [-0.05, 0) is 81.5 Å². The lowest BCUT2D eigenvalue weighted by atomic mass is 9.87. The molecule has 0 amide bonds. The van der Waals surface area contributed by atoms with Crippen LogP contribution in [0.1, 0.15) is 63.4 Å². The molecule has 2 aliphatic carbocycles. The van der Waals surface area contributed by atoms with Crippen molar-refractivity contribution in [1.29, 1.82) is 0 Å². The molecule has 4 nitrogen and oxygen atoms in total. The first-order valence-corrected chi connectivity index (χ1v) is 9.87. The maximum Gasteiger partial charge on any atom is 0.307 e. The molecule has 0 aromatic heterocycles. The van der Waals surface area contributed by atoms with Gasteiger partial charge in [0.2, 0.25) is 0 Å². The molecule has 2 saturated carbocycles. The van der Waals surface area contributed by atoms with E-state index in [4.69, 9.17) is 9.47 Å². The van der Waals surface area contributed by atoms with Gasteiger partial charge in [0.25, 0.3) is 0 Å². The summed E-state index contributed by atoms with van der Waals surface area (Å²) in [6, 6.07) is 8.73. The van der Waals surface area contributed by atoms with Crippen molar-refractivity contribution in [2.45, 2.75) is 63.9 Å². The highest BCUT2D eigenvalue weighted by Crippen LogP contribution is 2.40. The standard InChI is InChI=1S/C21H31NO3/c1-2-24-21(23)13-14-22-15-16-3-9-19(10-4-16)25-20-11-7-18(8-12-20)17-5-6-17/h7-8,11-12,16-17,19,22H,2-6,9-10,13-15H2,1H3/t16-,19-. The average molecular weight is 345 g/mol. The maximum absolute atomic E-state index is 11.3. The van der Waals surface area contributed by atoms with Crippen LogP contribution in [0.4, 0.5) is 0 Å². The average Bonchev–Trinajstić information content (AvgIpc) is 3.46. The monoisotopic (exact) mass is 345 g/mol. The number of ether oxygens (including phenoxy) is 2. The van der Waals surface area contributed by atoms with Crippen LogP contribution in [-0.4, -0.2) is 31.8 Å². The van der Waals surface area contributed by atoms with E-state index in [1.807, 2.05) is 6.92 Å². The van der Waals surface area contributed by atoms with Crippen molar-refractivity contribution in [3.8, 4) is 5.75 Å². The van der Waals surface area contributed by atoms with Crippen molar-refractivity contribution in [3.63, 3.8) is 0 Å². The molecule has 0 saturated heterocycles. The number of carbonyl (C=O) groups is 1. The van der Waals surface area contributed by atoms with Crippen molar-refractivity contribution in [2.24, 2.45) is 5.92 Å². The minimum Gasteiger partial charge on any atom is -0.490 e. The van der Waals surface area contributed by atoms with Gasteiger partial charge >= 0.3 is 5.97 Å². The number of carbonyl (C=O) groups excluding carboxylic acids is 1. The molecule has 138 valence electrons. The smallest absolute Gasteiger partial charge is 0.307 e. The first kappa shape index (κ1) is 18.2. The molecule has 25 heavy (non-hydrogen) atoms. The molecule has 1 N–H and O–H groups in total. The van der Waals surface area contributed by atoms with E-state index in [9.17, 15) is 4.79 Å². The number of esters is 1. The van der Waals surface area contributed by atoms with Gasteiger partial charge in [0.05, 0.1) is 19.1 Å². The summed E-state index contributed by atoms with van der Waals surface area (Å²) in [7, 11) is 0. The molecule has 0 bridgehead atoms. The molecule has 3 rings (SSSR count). The number of benzene rings is 1. The normalized spacial score (nSPS) is 23.2. The SMILES string of the molecule is CCOC(=O)CCNC[C@H]1CC[C@H](Oc2ccc(C3CC3)cc2)CC1. The predicted molar refractivity (Wildman–Crippen MR) is 98.9 cm³/mol. The van der Waals surface area contributed by atoms with Gasteiger partial charge in [0.1, 0.15) is 5.75 Å². The maximum atomic E-state index is 11.3. The molecule has 1 aromatic carbocycles. The fourth-order valence-electron chi connectivity index (χ4n) is 3.61. The topological polar surface area (TPSA) is 47.6 Å². The van der Waals surface area contributed by atoms with Crippen LogP contribution in [0.3, 0.4) is 0 Å². The van der Waals surface area contributed by atoms with Crippen LogP contribution in [0.2, 0.25) is 0 Å². The van der Waals surface area contributed by atoms with E-state index in [0.29, 0.717) is 31.6 Å². The molecule has 0 aliphatic heterocycles. The second-order valence-electron chi connectivity index (χ2n) is 7.36. The summed E-state index contributed by atoms with van der Waals surface area (Å²) in [6.07, 6.45) is 8.12. The van der Waals surface area contributed by atoms with E-state index >= 15 is 0 Å². The Morgan fingerprint density at radius 2 is 1.80 bits per heavy atom. The molecule has 0 heterocycles. The van der Waals surface area contributed by atoms with Crippen LogP contribution >= 0.6 is 0 Å². The third-order valence-electron chi connectivity index (χ3n) is 5.27. The molecule has 1 aromatic rings. The van der Waals surface area contributed by atoms with E-state index in [-0.39, 0.29) is 5.97 Å². The van der Waals surface area contributed by atoms with Gasteiger partial charge in [-0.15, -0.1) is 0 Å². The Morgan fingerprint density at radius 1 is 1.08 bits per heavy atom. The van der Waals surface area contributed by atoms with Gasteiger partial charge in [-0.2, -0.15) is 0 Å². The molecule has 4 heteroatoms. The lowest BCUT2D eigenvalue weighted by Crippen LogP contribution is -2.31. The largest absolute Gasteiger partial charge is 0.490 e. The zero-order chi connectivity index (χ0) is 17.5. The number of hydrogen-bond donors (Lipinski definition) is 1. The zero-order valence-electron chi connectivity index (χ0n) is 15.3. The summed E-state index contributed by atoms with van der Waals surface area (Å²) in [5.74, 6) is 2.40. The first-order valence-electron chi connectivity index (χ1n) is 9.87. The fourth-order valence-corrected chi connectivity index (χ4v) is 3.61. The van der Waals surface area contributed by atoms with Crippen molar-refractivity contribution < 1.29 is 14.3 Å². The highest BCUT2D eigenvalue weighted by Gasteiger charge is 2.24. The Balaban J connectivity index is 1.29. The molecule has 0 spiro atoms. The highest BCUT2D eigenvalue weighted by molar-refractivity contribution is 5.69. The van der Waals surface area contributed by atoms with Crippen LogP contribution in [0.25, 0.3) is 0 Å². The summed E-state index contributed by atoms with van der Waals surface area (Å²) in [5.41, 5.74) is 1.46. The van der Waals surface area contributed by atoms with Crippen LogP contribution in [-0.2, 0) is 9.53 Å². The third-order valence-corrected chi connectivity index (χ3v) is 5.27. The third kappa shape index (κ3) is 6.03. The molecule has 0 radical (unpaired) electrons. The fraction of sp³-hybridized carbons (Fsp3) is 0.667. The van der Waals surface area contributed by atoms with Gasteiger partial charge in [0.15, 0.2) is 0 Å². The van der Waals surface area contributed by atoms with E-state index in [0.717, 1.165) is 31.1 Å². The zero-order valence-corrected chi connectivity index (χ0v) is 15.3. The first-order chi connectivity index (χ1) is 12.2. The quantitative estimate of drug-likeness (QED) is 0.542. The van der Waals surface area contributed by atoms with E-state index in [1.54, 1.807) is 0 Å².